The Hall–Kier alpha value is -1.57. The summed E-state index contributed by atoms with van der Waals surface area (Å²) in [6, 6.07) is 9.65. The van der Waals surface area contributed by atoms with E-state index in [9.17, 15) is 4.79 Å². The lowest BCUT2D eigenvalue weighted by Gasteiger charge is -1.97. The fourth-order valence-electron chi connectivity index (χ4n) is 1.26. The summed E-state index contributed by atoms with van der Waals surface area (Å²) in [5.74, 6) is 0. The van der Waals surface area contributed by atoms with Crippen molar-refractivity contribution in [3.63, 3.8) is 0 Å². The Labute approximate surface area is 84.6 Å². The van der Waals surface area contributed by atoms with Crippen molar-refractivity contribution in [2.45, 2.75) is 21.8 Å². The summed E-state index contributed by atoms with van der Waals surface area (Å²) < 4.78 is 0. The highest BCUT2D eigenvalue weighted by Gasteiger charge is 1.95. The summed E-state index contributed by atoms with van der Waals surface area (Å²) in [5, 5.41) is 1.08. The Kier molecular flexibility index (Phi) is 4.09. The first-order valence-electron chi connectivity index (χ1n) is 3.86. The van der Waals surface area contributed by atoms with Crippen molar-refractivity contribution >= 4 is 10.9 Å². The highest BCUT2D eigenvalue weighted by molar-refractivity contribution is 5.78. The van der Waals surface area contributed by atoms with Crippen molar-refractivity contribution in [2.75, 3.05) is 0 Å². The maximum absolute atomic E-state index is 11.2. The Balaban J connectivity index is 0.000000845. The van der Waals surface area contributed by atoms with Crippen molar-refractivity contribution in [2.24, 2.45) is 0 Å². The number of nitrogens with one attached hydrogen (secondary N) is 1. The van der Waals surface area contributed by atoms with Gasteiger partial charge >= 0.3 is 0 Å². The Morgan fingerprint density at radius 3 is 2.50 bits per heavy atom. The van der Waals surface area contributed by atoms with E-state index in [0.29, 0.717) is 0 Å². The average Bonchev–Trinajstić information content (AvgIpc) is 2.07. The highest BCUT2D eigenvalue weighted by Crippen LogP contribution is 2.08. The molecule has 0 aliphatic carbocycles. The number of para-hydroxylation sites is 1. The summed E-state index contributed by atoms with van der Waals surface area (Å²) in [4.78, 5) is 14.0. The largest absolute Gasteiger partial charge is 0.322 e. The molecule has 1 aromatic carbocycles. The number of pyridine rings is 1. The molecule has 0 spiro atoms. The van der Waals surface area contributed by atoms with Crippen molar-refractivity contribution in [1.29, 1.82) is 0 Å². The molecule has 0 unspecified atom stereocenters. The number of aryl methyl sites for hydroxylation is 1. The van der Waals surface area contributed by atoms with Crippen LogP contribution in [0.2, 0.25) is 0 Å². The van der Waals surface area contributed by atoms with Gasteiger partial charge in [0.15, 0.2) is 0 Å². The van der Waals surface area contributed by atoms with Crippen LogP contribution in [0.3, 0.4) is 0 Å². The van der Waals surface area contributed by atoms with Crippen molar-refractivity contribution in [1.82, 2.24) is 4.98 Å². The van der Waals surface area contributed by atoms with E-state index in [2.05, 4.69) is 4.98 Å². The summed E-state index contributed by atoms with van der Waals surface area (Å²) in [6.07, 6.45) is 0. The second-order valence-electron chi connectivity index (χ2n) is 2.87. The molecular weight excluding hydrogens is 174 g/mol. The molecule has 1 N–H and O–H groups in total. The molecule has 14 heavy (non-hydrogen) atoms. The van der Waals surface area contributed by atoms with Gasteiger partial charge in [0.2, 0.25) is 0 Å². The molecule has 2 heteroatoms. The summed E-state index contributed by atoms with van der Waals surface area (Å²) >= 11 is 0. The maximum Gasteiger partial charge on any atom is 0.251 e. The number of aromatic amines is 1. The van der Waals surface area contributed by atoms with E-state index < -0.39 is 0 Å². The van der Waals surface area contributed by atoms with Gasteiger partial charge in [0.1, 0.15) is 0 Å². The quantitative estimate of drug-likeness (QED) is 0.682. The molecule has 0 fully saturated rings. The maximum atomic E-state index is 11.2. The summed E-state index contributed by atoms with van der Waals surface area (Å²) in [6.45, 7) is 1.81. The number of hydrogen-bond acceptors (Lipinski definition) is 1. The molecule has 1 aromatic heterocycles. The van der Waals surface area contributed by atoms with Crippen molar-refractivity contribution in [3.8, 4) is 0 Å². The van der Waals surface area contributed by atoms with E-state index in [-0.39, 0.29) is 20.4 Å². The van der Waals surface area contributed by atoms with Crippen LogP contribution in [-0.4, -0.2) is 4.98 Å². The van der Waals surface area contributed by atoms with E-state index in [1.807, 2.05) is 37.3 Å². The van der Waals surface area contributed by atoms with Crippen LogP contribution in [0.4, 0.5) is 0 Å². The van der Waals surface area contributed by atoms with E-state index in [1.165, 1.54) is 0 Å². The number of aromatic nitrogens is 1. The van der Waals surface area contributed by atoms with Crippen molar-refractivity contribution < 1.29 is 0 Å². The topological polar surface area (TPSA) is 32.9 Å². The molecule has 0 saturated heterocycles. The van der Waals surface area contributed by atoms with Crippen LogP contribution in [0.25, 0.3) is 10.9 Å². The highest BCUT2D eigenvalue weighted by atomic mass is 16.1. The normalized spacial score (nSPS) is 8.93. The molecule has 76 valence electrons. The molecule has 0 aliphatic rings. The Morgan fingerprint density at radius 1 is 1.14 bits per heavy atom. The van der Waals surface area contributed by atoms with Gasteiger partial charge in [0.05, 0.1) is 0 Å². The second-order valence-corrected chi connectivity index (χ2v) is 2.87. The zero-order chi connectivity index (χ0) is 8.55. The minimum atomic E-state index is -0.00583. The molecule has 0 aliphatic heterocycles. The van der Waals surface area contributed by atoms with Gasteiger partial charge in [-0.15, -0.1) is 0 Å². The predicted octanol–water partition coefficient (Wildman–Crippen LogP) is 3.11. The summed E-state index contributed by atoms with van der Waals surface area (Å²) in [5.41, 5.74) is 1.65. The standard InChI is InChI=1S/C10H9NO.2CH4/c1-7-6-8-4-2-3-5-9(8)11-10(7)12;;/h2-6H,1H3,(H,11,12);2*1H4. The molecule has 0 bridgehead atoms. The third-order valence-electron chi connectivity index (χ3n) is 1.94. The fourth-order valence-corrected chi connectivity index (χ4v) is 1.26. The lowest BCUT2D eigenvalue weighted by atomic mass is 10.2. The minimum absolute atomic E-state index is 0. The van der Waals surface area contributed by atoms with Gasteiger partial charge in [-0.25, -0.2) is 0 Å². The first kappa shape index (κ1) is 12.4. The number of H-pyrrole nitrogens is 1. The first-order valence-corrected chi connectivity index (χ1v) is 3.86. The van der Waals surface area contributed by atoms with E-state index in [4.69, 9.17) is 0 Å². The minimum Gasteiger partial charge on any atom is -0.322 e. The van der Waals surface area contributed by atoms with Gasteiger partial charge in [-0.3, -0.25) is 4.79 Å². The number of fused-ring (bicyclic) bond motifs is 1. The monoisotopic (exact) mass is 191 g/mol. The molecule has 0 atom stereocenters. The number of rotatable bonds is 0. The molecule has 1 heterocycles. The van der Waals surface area contributed by atoms with Crippen LogP contribution < -0.4 is 5.56 Å². The zero-order valence-electron chi connectivity index (χ0n) is 6.79. The zero-order valence-corrected chi connectivity index (χ0v) is 6.79. The van der Waals surface area contributed by atoms with Gasteiger partial charge in [-0.1, -0.05) is 33.1 Å². The Morgan fingerprint density at radius 2 is 1.79 bits per heavy atom. The van der Waals surface area contributed by atoms with Crippen LogP contribution in [0.1, 0.15) is 20.4 Å². The molecule has 2 nitrogen and oxygen atoms in total. The van der Waals surface area contributed by atoms with E-state index >= 15 is 0 Å². The smallest absolute Gasteiger partial charge is 0.251 e. The molecule has 0 radical (unpaired) electrons. The molecule has 2 rings (SSSR count). The number of hydrogen-bond donors (Lipinski definition) is 1. The van der Waals surface area contributed by atoms with Gasteiger partial charge < -0.3 is 4.98 Å². The molecular formula is C12H17NO. The van der Waals surface area contributed by atoms with E-state index in [0.717, 1.165) is 16.5 Å². The third kappa shape index (κ3) is 2.02. The van der Waals surface area contributed by atoms with Gasteiger partial charge in [-0.2, -0.15) is 0 Å². The molecule has 0 amide bonds. The molecule has 0 saturated carbocycles. The van der Waals surface area contributed by atoms with Crippen LogP contribution in [-0.2, 0) is 0 Å². The van der Waals surface area contributed by atoms with Crippen LogP contribution >= 0.6 is 0 Å². The van der Waals surface area contributed by atoms with Crippen LogP contribution in [0.15, 0.2) is 35.1 Å². The summed E-state index contributed by atoms with van der Waals surface area (Å²) in [7, 11) is 0. The second kappa shape index (κ2) is 4.61. The lowest BCUT2D eigenvalue weighted by Crippen LogP contribution is -2.08. The number of benzene rings is 1. The molecule has 2 aromatic rings. The van der Waals surface area contributed by atoms with Gasteiger partial charge in [0, 0.05) is 11.1 Å². The average molecular weight is 191 g/mol. The fraction of sp³-hybridized carbons (Fsp3) is 0.250. The van der Waals surface area contributed by atoms with Crippen LogP contribution in [0.5, 0.6) is 0 Å². The van der Waals surface area contributed by atoms with Crippen LogP contribution in [0, 0.1) is 6.92 Å². The third-order valence-corrected chi connectivity index (χ3v) is 1.94. The lowest BCUT2D eigenvalue weighted by molar-refractivity contribution is 1.24. The Bertz CT molecular complexity index is 471. The SMILES string of the molecule is C.C.Cc1cc2ccccc2[nH]c1=O. The van der Waals surface area contributed by atoms with Gasteiger partial charge in [-0.05, 0) is 24.4 Å². The van der Waals surface area contributed by atoms with Crippen molar-refractivity contribution in [3.05, 3.63) is 46.2 Å². The predicted molar refractivity (Wildman–Crippen MR) is 62.8 cm³/mol. The first-order chi connectivity index (χ1) is 5.77. The van der Waals surface area contributed by atoms with Gasteiger partial charge in [0.25, 0.3) is 5.56 Å². The van der Waals surface area contributed by atoms with E-state index in [1.54, 1.807) is 0 Å².